The summed E-state index contributed by atoms with van der Waals surface area (Å²) in [6.07, 6.45) is 5.62. The molecule has 7 nitrogen and oxygen atoms in total. The molecule has 33 heavy (non-hydrogen) atoms. The molecule has 1 amide bonds. The normalized spacial score (nSPS) is 16.8. The molecule has 172 valence electrons. The molecule has 2 heterocycles. The Morgan fingerprint density at radius 2 is 1.70 bits per heavy atom. The summed E-state index contributed by atoms with van der Waals surface area (Å²) in [5.41, 5.74) is 3.00. The lowest BCUT2D eigenvalue weighted by molar-refractivity contribution is -0.120. The van der Waals surface area contributed by atoms with E-state index in [-0.39, 0.29) is 17.3 Å². The highest BCUT2D eigenvalue weighted by molar-refractivity contribution is 7.89. The quantitative estimate of drug-likeness (QED) is 0.575. The monoisotopic (exact) mass is 465 g/mol. The number of amides is 1. The Hall–Kier alpha value is -3.23. The Kier molecular flexibility index (Phi) is 7.05. The molecule has 1 atom stereocenters. The molecule has 2 aromatic carbocycles. The number of pyridine rings is 1. The standard InChI is InChI=1S/C25H27N3O4S/c1-32-23-8-10-24(11-9-23)33(30,31)28-16-2-3-21(18-28)25(29)27-22-6-4-19(5-7-22)17-20-12-14-26-15-13-20/h4-15,21H,2-3,16-18H2,1H3,(H,27,29). The second-order valence-electron chi connectivity index (χ2n) is 8.10. The van der Waals surface area contributed by atoms with Gasteiger partial charge in [0.25, 0.3) is 0 Å². The van der Waals surface area contributed by atoms with Crippen molar-refractivity contribution in [3.8, 4) is 5.75 Å². The third-order valence-corrected chi connectivity index (χ3v) is 7.71. The van der Waals surface area contributed by atoms with Crippen molar-refractivity contribution in [1.82, 2.24) is 9.29 Å². The molecule has 3 aromatic rings. The van der Waals surface area contributed by atoms with E-state index in [0.29, 0.717) is 30.8 Å². The molecule has 1 fully saturated rings. The largest absolute Gasteiger partial charge is 0.497 e. The predicted octanol–water partition coefficient (Wildman–Crippen LogP) is 3.72. The lowest BCUT2D eigenvalue weighted by atomic mass is 9.98. The number of rotatable bonds is 7. The fraction of sp³-hybridized carbons (Fsp3) is 0.280. The van der Waals surface area contributed by atoms with E-state index >= 15 is 0 Å². The SMILES string of the molecule is COc1ccc(S(=O)(=O)N2CCCC(C(=O)Nc3ccc(Cc4ccncc4)cc3)C2)cc1. The van der Waals surface area contributed by atoms with E-state index in [2.05, 4.69) is 10.3 Å². The van der Waals surface area contributed by atoms with Crippen molar-refractivity contribution >= 4 is 21.6 Å². The van der Waals surface area contributed by atoms with Gasteiger partial charge in [0.05, 0.1) is 17.9 Å². The van der Waals surface area contributed by atoms with E-state index in [1.807, 2.05) is 36.4 Å². The molecule has 1 unspecified atom stereocenters. The van der Waals surface area contributed by atoms with Gasteiger partial charge in [0, 0.05) is 31.2 Å². The zero-order chi connectivity index (χ0) is 23.3. The van der Waals surface area contributed by atoms with Crippen LogP contribution in [-0.2, 0) is 21.2 Å². The molecule has 0 spiro atoms. The number of piperidine rings is 1. The topological polar surface area (TPSA) is 88.6 Å². The first kappa shape index (κ1) is 22.9. The summed E-state index contributed by atoms with van der Waals surface area (Å²) in [4.78, 5) is 17.1. The fourth-order valence-electron chi connectivity index (χ4n) is 3.96. The van der Waals surface area contributed by atoms with Crippen molar-refractivity contribution in [2.75, 3.05) is 25.5 Å². The first-order valence-electron chi connectivity index (χ1n) is 10.9. The molecule has 0 aliphatic carbocycles. The van der Waals surface area contributed by atoms with Crippen LogP contribution >= 0.6 is 0 Å². The Morgan fingerprint density at radius 1 is 1.03 bits per heavy atom. The zero-order valence-corrected chi connectivity index (χ0v) is 19.3. The Balaban J connectivity index is 1.38. The minimum absolute atomic E-state index is 0.161. The molecule has 1 aliphatic rings. The molecule has 8 heteroatoms. The van der Waals surface area contributed by atoms with Gasteiger partial charge < -0.3 is 10.1 Å². The van der Waals surface area contributed by atoms with E-state index < -0.39 is 15.9 Å². The number of benzene rings is 2. The van der Waals surface area contributed by atoms with Gasteiger partial charge >= 0.3 is 0 Å². The molecule has 0 radical (unpaired) electrons. The van der Waals surface area contributed by atoms with Crippen LogP contribution in [0.5, 0.6) is 5.75 Å². The third kappa shape index (κ3) is 5.58. The van der Waals surface area contributed by atoms with Crippen LogP contribution in [0, 0.1) is 5.92 Å². The second kappa shape index (κ2) is 10.1. The van der Waals surface area contributed by atoms with Crippen molar-refractivity contribution < 1.29 is 17.9 Å². The van der Waals surface area contributed by atoms with Crippen molar-refractivity contribution in [2.45, 2.75) is 24.2 Å². The number of methoxy groups -OCH3 is 1. The van der Waals surface area contributed by atoms with E-state index in [9.17, 15) is 13.2 Å². The van der Waals surface area contributed by atoms with Crippen LogP contribution in [-0.4, -0.2) is 43.8 Å². The maximum atomic E-state index is 13.1. The summed E-state index contributed by atoms with van der Waals surface area (Å²) in [6.45, 7) is 0.572. The first-order valence-corrected chi connectivity index (χ1v) is 12.3. The van der Waals surface area contributed by atoms with E-state index in [1.54, 1.807) is 24.5 Å². The molecular formula is C25H27N3O4S. The van der Waals surface area contributed by atoms with Crippen molar-refractivity contribution in [3.63, 3.8) is 0 Å². The van der Waals surface area contributed by atoms with Gasteiger partial charge in [-0.2, -0.15) is 4.31 Å². The number of carbonyl (C=O) groups is 1. The van der Waals surface area contributed by atoms with Crippen LogP contribution in [0.1, 0.15) is 24.0 Å². The second-order valence-corrected chi connectivity index (χ2v) is 10.0. The minimum Gasteiger partial charge on any atom is -0.497 e. The fourth-order valence-corrected chi connectivity index (χ4v) is 5.48. The van der Waals surface area contributed by atoms with Crippen LogP contribution in [0.4, 0.5) is 5.69 Å². The Labute approximate surface area is 194 Å². The highest BCUT2D eigenvalue weighted by atomic mass is 32.2. The van der Waals surface area contributed by atoms with Gasteiger partial charge in [0.15, 0.2) is 0 Å². The van der Waals surface area contributed by atoms with E-state index in [0.717, 1.165) is 12.0 Å². The number of sulfonamides is 1. The van der Waals surface area contributed by atoms with Gasteiger partial charge in [-0.15, -0.1) is 0 Å². The summed E-state index contributed by atoms with van der Waals surface area (Å²) in [6, 6.07) is 18.0. The average Bonchev–Trinajstić information content (AvgIpc) is 2.86. The van der Waals surface area contributed by atoms with Gasteiger partial charge in [0.1, 0.15) is 5.75 Å². The molecule has 1 N–H and O–H groups in total. The molecular weight excluding hydrogens is 438 g/mol. The molecule has 0 saturated carbocycles. The predicted molar refractivity (Wildman–Crippen MR) is 127 cm³/mol. The number of anilines is 1. The number of ether oxygens (including phenoxy) is 1. The summed E-state index contributed by atoms with van der Waals surface area (Å²) < 4.78 is 32.6. The summed E-state index contributed by atoms with van der Waals surface area (Å²) >= 11 is 0. The highest BCUT2D eigenvalue weighted by Crippen LogP contribution is 2.26. The number of nitrogens with one attached hydrogen (secondary N) is 1. The Morgan fingerprint density at radius 3 is 2.36 bits per heavy atom. The smallest absolute Gasteiger partial charge is 0.243 e. The van der Waals surface area contributed by atoms with Gasteiger partial charge in [-0.25, -0.2) is 8.42 Å². The lowest BCUT2D eigenvalue weighted by Gasteiger charge is -2.31. The maximum Gasteiger partial charge on any atom is 0.243 e. The first-order chi connectivity index (χ1) is 16.0. The zero-order valence-electron chi connectivity index (χ0n) is 18.5. The average molecular weight is 466 g/mol. The number of hydrogen-bond acceptors (Lipinski definition) is 5. The number of aromatic nitrogens is 1. The summed E-state index contributed by atoms with van der Waals surface area (Å²) in [5.74, 6) is 0.0337. The van der Waals surface area contributed by atoms with Crippen LogP contribution in [0.15, 0.2) is 78.0 Å². The van der Waals surface area contributed by atoms with Crippen LogP contribution in [0.25, 0.3) is 0 Å². The van der Waals surface area contributed by atoms with Crippen molar-refractivity contribution in [3.05, 3.63) is 84.2 Å². The van der Waals surface area contributed by atoms with Gasteiger partial charge in [-0.1, -0.05) is 12.1 Å². The molecule has 4 rings (SSSR count). The summed E-state index contributed by atoms with van der Waals surface area (Å²) in [7, 11) is -2.13. The van der Waals surface area contributed by atoms with Crippen LogP contribution in [0.2, 0.25) is 0 Å². The Bertz CT molecular complexity index is 1180. The van der Waals surface area contributed by atoms with Gasteiger partial charge in [-0.05, 0) is 78.9 Å². The number of carbonyl (C=O) groups excluding carboxylic acids is 1. The van der Waals surface area contributed by atoms with E-state index in [1.165, 1.54) is 29.1 Å². The molecule has 1 aliphatic heterocycles. The molecule has 1 aromatic heterocycles. The third-order valence-electron chi connectivity index (χ3n) is 5.83. The lowest BCUT2D eigenvalue weighted by Crippen LogP contribution is -2.43. The van der Waals surface area contributed by atoms with Crippen LogP contribution in [0.3, 0.4) is 0 Å². The molecule has 1 saturated heterocycles. The molecule has 0 bridgehead atoms. The maximum absolute atomic E-state index is 13.1. The minimum atomic E-state index is -3.67. The number of hydrogen-bond donors (Lipinski definition) is 1. The summed E-state index contributed by atoms with van der Waals surface area (Å²) in [5, 5.41) is 2.94. The van der Waals surface area contributed by atoms with Gasteiger partial charge in [0.2, 0.25) is 15.9 Å². The van der Waals surface area contributed by atoms with Crippen LogP contribution < -0.4 is 10.1 Å². The highest BCUT2D eigenvalue weighted by Gasteiger charge is 2.33. The number of nitrogens with zero attached hydrogens (tertiary/aromatic N) is 2. The van der Waals surface area contributed by atoms with E-state index in [4.69, 9.17) is 4.74 Å². The van der Waals surface area contributed by atoms with Crippen molar-refractivity contribution in [2.24, 2.45) is 5.92 Å². The van der Waals surface area contributed by atoms with Gasteiger partial charge in [-0.3, -0.25) is 9.78 Å². The van der Waals surface area contributed by atoms with Crippen molar-refractivity contribution in [1.29, 1.82) is 0 Å².